The Morgan fingerprint density at radius 2 is 2.05 bits per heavy atom. The third-order valence-corrected chi connectivity index (χ3v) is 5.30. The number of benzene rings is 1. The van der Waals surface area contributed by atoms with Gasteiger partial charge in [-0.05, 0) is 24.8 Å². The summed E-state index contributed by atoms with van der Waals surface area (Å²) in [5.41, 5.74) is 1.32. The molecule has 0 bridgehead atoms. The van der Waals surface area contributed by atoms with E-state index in [1.807, 2.05) is 11.0 Å². The van der Waals surface area contributed by atoms with E-state index in [1.165, 1.54) is 5.56 Å². The lowest BCUT2D eigenvalue weighted by Crippen LogP contribution is -2.49. The number of ether oxygens (including phenoxy) is 1. The van der Waals surface area contributed by atoms with Crippen LogP contribution in [0.1, 0.15) is 18.4 Å². The second-order valence-corrected chi connectivity index (χ2v) is 6.93. The number of carbonyl (C=O) groups is 1. The zero-order chi connectivity index (χ0) is 15.2. The minimum Gasteiger partial charge on any atom is -0.378 e. The Kier molecular flexibility index (Phi) is 5.76. The lowest BCUT2D eigenvalue weighted by molar-refractivity contribution is -0.135. The number of hydrogen-bond acceptors (Lipinski definition) is 4. The van der Waals surface area contributed by atoms with E-state index in [9.17, 15) is 4.79 Å². The lowest BCUT2D eigenvalue weighted by Gasteiger charge is -2.33. The summed E-state index contributed by atoms with van der Waals surface area (Å²) in [7, 11) is 0. The third kappa shape index (κ3) is 4.24. The summed E-state index contributed by atoms with van der Waals surface area (Å²) in [6, 6.07) is 10.5. The largest absolute Gasteiger partial charge is 0.378 e. The molecule has 4 nitrogen and oxygen atoms in total. The number of amides is 1. The van der Waals surface area contributed by atoms with Crippen molar-refractivity contribution < 1.29 is 9.53 Å². The highest BCUT2D eigenvalue weighted by molar-refractivity contribution is 7.99. The Hall–Kier alpha value is -1.04. The van der Waals surface area contributed by atoms with Crippen LogP contribution in [0.4, 0.5) is 0 Å². The maximum absolute atomic E-state index is 12.3. The van der Waals surface area contributed by atoms with Gasteiger partial charge in [-0.25, -0.2) is 0 Å². The predicted molar refractivity (Wildman–Crippen MR) is 89.9 cm³/mol. The van der Waals surface area contributed by atoms with E-state index in [0.717, 1.165) is 50.6 Å². The second-order valence-electron chi connectivity index (χ2n) is 5.90. The molecule has 0 saturated carbocycles. The number of carbonyl (C=O) groups excluding carboxylic acids is 1. The van der Waals surface area contributed by atoms with Crippen molar-refractivity contribution in [3.8, 4) is 0 Å². The molecule has 2 aliphatic heterocycles. The number of likely N-dealkylation sites (tertiary alicyclic amines) is 1. The number of nitrogens with one attached hydrogen (secondary N) is 1. The molecule has 0 spiro atoms. The van der Waals surface area contributed by atoms with Crippen LogP contribution in [0.15, 0.2) is 30.3 Å². The summed E-state index contributed by atoms with van der Waals surface area (Å²) in [6.07, 6.45) is 3.18. The van der Waals surface area contributed by atoms with E-state index in [-0.39, 0.29) is 11.9 Å². The predicted octanol–water partition coefficient (Wildman–Crippen LogP) is 1.90. The van der Waals surface area contributed by atoms with Crippen LogP contribution in [0.5, 0.6) is 0 Å². The first-order valence-corrected chi connectivity index (χ1v) is 9.24. The van der Waals surface area contributed by atoms with E-state index in [0.29, 0.717) is 6.10 Å². The fourth-order valence-electron chi connectivity index (χ4n) is 3.01. The summed E-state index contributed by atoms with van der Waals surface area (Å²) in [4.78, 5) is 14.3. The highest BCUT2D eigenvalue weighted by atomic mass is 32.2. The molecule has 22 heavy (non-hydrogen) atoms. The molecule has 0 aliphatic carbocycles. The second kappa shape index (κ2) is 7.99. The summed E-state index contributed by atoms with van der Waals surface area (Å²) in [5.74, 6) is 2.08. The van der Waals surface area contributed by atoms with Crippen LogP contribution < -0.4 is 5.32 Å². The van der Waals surface area contributed by atoms with Crippen molar-refractivity contribution in [2.45, 2.75) is 31.4 Å². The first kappa shape index (κ1) is 15.8. The highest BCUT2D eigenvalue weighted by Crippen LogP contribution is 2.18. The van der Waals surface area contributed by atoms with Gasteiger partial charge in [0, 0.05) is 24.7 Å². The number of piperidine rings is 1. The van der Waals surface area contributed by atoms with Gasteiger partial charge in [0.2, 0.25) is 5.91 Å². The smallest absolute Gasteiger partial charge is 0.240 e. The molecule has 1 amide bonds. The Morgan fingerprint density at radius 3 is 2.73 bits per heavy atom. The van der Waals surface area contributed by atoms with E-state index in [2.05, 4.69) is 29.6 Å². The molecule has 5 heteroatoms. The van der Waals surface area contributed by atoms with Crippen molar-refractivity contribution in [1.82, 2.24) is 10.2 Å². The van der Waals surface area contributed by atoms with Crippen LogP contribution in [-0.2, 0) is 16.0 Å². The third-order valence-electron chi connectivity index (χ3n) is 4.36. The van der Waals surface area contributed by atoms with Crippen LogP contribution in [-0.4, -0.2) is 54.3 Å². The zero-order valence-corrected chi connectivity index (χ0v) is 13.7. The van der Waals surface area contributed by atoms with Crippen molar-refractivity contribution >= 4 is 17.7 Å². The first-order chi connectivity index (χ1) is 10.8. The lowest BCUT2D eigenvalue weighted by atomic mass is 10.1. The molecule has 1 aromatic rings. The molecule has 2 heterocycles. The molecule has 2 saturated heterocycles. The van der Waals surface area contributed by atoms with Gasteiger partial charge >= 0.3 is 0 Å². The van der Waals surface area contributed by atoms with Crippen LogP contribution in [0.25, 0.3) is 0 Å². The molecule has 2 aliphatic rings. The van der Waals surface area contributed by atoms with Gasteiger partial charge in [0.15, 0.2) is 0 Å². The quantitative estimate of drug-likeness (QED) is 0.900. The fraction of sp³-hybridized carbons (Fsp3) is 0.588. The Morgan fingerprint density at radius 1 is 1.27 bits per heavy atom. The number of thioether (sulfide) groups is 1. The van der Waals surface area contributed by atoms with Crippen molar-refractivity contribution in [3.05, 3.63) is 35.9 Å². The first-order valence-electron chi connectivity index (χ1n) is 8.08. The Bertz CT molecular complexity index is 469. The standard InChI is InChI=1S/C17H24N2O2S/c20-17(16-12-22-13-18-16)19-9-6-15(7-10-19)21-11-8-14-4-2-1-3-5-14/h1-5,15-16,18H,6-13H2/t16-/m1/s1. The summed E-state index contributed by atoms with van der Waals surface area (Å²) < 4.78 is 5.98. The Labute approximate surface area is 136 Å². The zero-order valence-electron chi connectivity index (χ0n) is 12.9. The highest BCUT2D eigenvalue weighted by Gasteiger charge is 2.30. The van der Waals surface area contributed by atoms with E-state index >= 15 is 0 Å². The average Bonchev–Trinajstić information content (AvgIpc) is 3.10. The van der Waals surface area contributed by atoms with Crippen molar-refractivity contribution in [2.75, 3.05) is 31.3 Å². The molecule has 3 rings (SSSR count). The minimum absolute atomic E-state index is 0.0283. The maximum atomic E-state index is 12.3. The van der Waals surface area contributed by atoms with Crippen LogP contribution in [0, 0.1) is 0 Å². The summed E-state index contributed by atoms with van der Waals surface area (Å²) >= 11 is 1.80. The molecule has 1 N–H and O–H groups in total. The van der Waals surface area contributed by atoms with Gasteiger partial charge in [-0.15, -0.1) is 11.8 Å². The van der Waals surface area contributed by atoms with E-state index in [1.54, 1.807) is 11.8 Å². The molecule has 1 aromatic carbocycles. The van der Waals surface area contributed by atoms with Gasteiger partial charge in [-0.3, -0.25) is 10.1 Å². The van der Waals surface area contributed by atoms with Gasteiger partial charge in [0.1, 0.15) is 0 Å². The number of rotatable bonds is 5. The van der Waals surface area contributed by atoms with Gasteiger partial charge < -0.3 is 9.64 Å². The number of hydrogen-bond donors (Lipinski definition) is 1. The normalized spacial score (nSPS) is 22.9. The molecule has 0 radical (unpaired) electrons. The molecule has 0 aromatic heterocycles. The van der Waals surface area contributed by atoms with Crippen LogP contribution in [0.3, 0.4) is 0 Å². The van der Waals surface area contributed by atoms with Gasteiger partial charge in [-0.2, -0.15) is 0 Å². The average molecular weight is 320 g/mol. The topological polar surface area (TPSA) is 41.6 Å². The van der Waals surface area contributed by atoms with Gasteiger partial charge in [0.25, 0.3) is 0 Å². The monoisotopic (exact) mass is 320 g/mol. The molecular formula is C17H24N2O2S. The van der Waals surface area contributed by atoms with Crippen molar-refractivity contribution in [3.63, 3.8) is 0 Å². The Balaban J connectivity index is 1.36. The molecule has 2 fully saturated rings. The molecule has 0 unspecified atom stereocenters. The minimum atomic E-state index is 0.0283. The molecule has 1 atom stereocenters. The van der Waals surface area contributed by atoms with Crippen LogP contribution >= 0.6 is 11.8 Å². The number of nitrogens with zero attached hydrogens (tertiary/aromatic N) is 1. The van der Waals surface area contributed by atoms with E-state index < -0.39 is 0 Å². The molecule has 120 valence electrons. The van der Waals surface area contributed by atoms with Crippen LogP contribution in [0.2, 0.25) is 0 Å². The van der Waals surface area contributed by atoms with E-state index in [4.69, 9.17) is 4.74 Å². The molecular weight excluding hydrogens is 296 g/mol. The maximum Gasteiger partial charge on any atom is 0.240 e. The van der Waals surface area contributed by atoms with Gasteiger partial charge in [-0.1, -0.05) is 30.3 Å². The fourth-order valence-corrected chi connectivity index (χ4v) is 3.94. The summed E-state index contributed by atoms with van der Waals surface area (Å²) in [6.45, 7) is 2.43. The van der Waals surface area contributed by atoms with Crippen molar-refractivity contribution in [1.29, 1.82) is 0 Å². The van der Waals surface area contributed by atoms with Crippen molar-refractivity contribution in [2.24, 2.45) is 0 Å². The van der Waals surface area contributed by atoms with Gasteiger partial charge in [0.05, 0.1) is 18.8 Å². The SMILES string of the molecule is O=C([C@H]1CSCN1)N1CCC(OCCc2ccccc2)CC1. The summed E-state index contributed by atoms with van der Waals surface area (Å²) in [5, 5.41) is 3.26.